The van der Waals surface area contributed by atoms with Crippen molar-refractivity contribution in [3.05, 3.63) is 0 Å². The van der Waals surface area contributed by atoms with Gasteiger partial charge in [0, 0.05) is 6.04 Å². The van der Waals surface area contributed by atoms with Crippen LogP contribution in [0.1, 0.15) is 51.9 Å². The minimum Gasteiger partial charge on any atom is -0.330 e. The van der Waals surface area contributed by atoms with Gasteiger partial charge in [-0.15, -0.1) is 0 Å². The van der Waals surface area contributed by atoms with Crippen molar-refractivity contribution in [1.82, 2.24) is 4.90 Å². The molecule has 14 heavy (non-hydrogen) atoms. The Hall–Kier alpha value is -0.0800. The van der Waals surface area contributed by atoms with Crippen molar-refractivity contribution in [2.45, 2.75) is 57.9 Å². The summed E-state index contributed by atoms with van der Waals surface area (Å²) in [5, 5.41) is 0. The summed E-state index contributed by atoms with van der Waals surface area (Å²) in [5.74, 6) is 0. The van der Waals surface area contributed by atoms with Crippen molar-refractivity contribution in [3.63, 3.8) is 0 Å². The fraction of sp³-hybridized carbons (Fsp3) is 1.00. The second-order valence-electron chi connectivity index (χ2n) is 4.58. The minimum atomic E-state index is 0.777. The summed E-state index contributed by atoms with van der Waals surface area (Å²) in [6.07, 6.45) is 9.50. The fourth-order valence-electron chi connectivity index (χ4n) is 2.30. The maximum Gasteiger partial charge on any atom is 0.00669 e. The third kappa shape index (κ3) is 4.43. The van der Waals surface area contributed by atoms with E-state index < -0.39 is 0 Å². The lowest BCUT2D eigenvalue weighted by atomic mass is 10.1. The van der Waals surface area contributed by atoms with Crippen LogP contribution in [0.4, 0.5) is 0 Å². The molecular weight excluding hydrogens is 172 g/mol. The maximum atomic E-state index is 5.50. The van der Waals surface area contributed by atoms with Crippen molar-refractivity contribution < 1.29 is 0 Å². The number of nitrogens with two attached hydrogens (primary N) is 1. The number of likely N-dealkylation sites (tertiary alicyclic amines) is 1. The van der Waals surface area contributed by atoms with Gasteiger partial charge in [-0.25, -0.2) is 0 Å². The summed E-state index contributed by atoms with van der Waals surface area (Å²) >= 11 is 0. The van der Waals surface area contributed by atoms with Crippen LogP contribution in [0.5, 0.6) is 0 Å². The largest absolute Gasteiger partial charge is 0.330 e. The van der Waals surface area contributed by atoms with E-state index in [-0.39, 0.29) is 0 Å². The first-order valence-corrected chi connectivity index (χ1v) is 6.28. The molecule has 1 aliphatic rings. The molecule has 2 nitrogen and oxygen atoms in total. The van der Waals surface area contributed by atoms with Crippen molar-refractivity contribution in [1.29, 1.82) is 0 Å². The Labute approximate surface area is 88.8 Å². The Kier molecular flexibility index (Phi) is 6.20. The van der Waals surface area contributed by atoms with E-state index in [0.29, 0.717) is 0 Å². The first kappa shape index (κ1) is 12.0. The highest BCUT2D eigenvalue weighted by Crippen LogP contribution is 2.15. The summed E-state index contributed by atoms with van der Waals surface area (Å²) in [7, 11) is 0. The predicted octanol–water partition coefficient (Wildman–Crippen LogP) is 2.38. The van der Waals surface area contributed by atoms with Gasteiger partial charge in [0.1, 0.15) is 0 Å². The highest BCUT2D eigenvalue weighted by Gasteiger charge is 2.14. The van der Waals surface area contributed by atoms with Gasteiger partial charge in [-0.2, -0.15) is 0 Å². The smallest absolute Gasteiger partial charge is 0.00669 e. The van der Waals surface area contributed by atoms with E-state index in [9.17, 15) is 0 Å². The monoisotopic (exact) mass is 198 g/mol. The minimum absolute atomic E-state index is 0.777. The van der Waals surface area contributed by atoms with Gasteiger partial charge >= 0.3 is 0 Å². The number of nitrogens with zero attached hydrogens (tertiary/aromatic N) is 1. The van der Waals surface area contributed by atoms with Gasteiger partial charge in [-0.1, -0.05) is 19.3 Å². The first-order chi connectivity index (χ1) is 6.84. The Morgan fingerprint density at radius 3 is 2.29 bits per heavy atom. The zero-order chi connectivity index (χ0) is 10.2. The third-order valence-corrected chi connectivity index (χ3v) is 3.34. The number of rotatable bonds is 5. The van der Waals surface area contributed by atoms with Crippen LogP contribution in [-0.2, 0) is 0 Å². The topological polar surface area (TPSA) is 29.3 Å². The van der Waals surface area contributed by atoms with Crippen LogP contribution in [0.25, 0.3) is 0 Å². The van der Waals surface area contributed by atoms with Gasteiger partial charge in [-0.3, -0.25) is 0 Å². The van der Waals surface area contributed by atoms with Crippen molar-refractivity contribution in [2.24, 2.45) is 5.73 Å². The molecule has 0 bridgehead atoms. The van der Waals surface area contributed by atoms with E-state index in [1.165, 1.54) is 58.0 Å². The molecule has 1 unspecified atom stereocenters. The number of unbranched alkanes of at least 4 members (excludes halogenated alkanes) is 1. The Morgan fingerprint density at radius 1 is 1.07 bits per heavy atom. The summed E-state index contributed by atoms with van der Waals surface area (Å²) in [4.78, 5) is 2.67. The number of hydrogen-bond acceptors (Lipinski definition) is 2. The van der Waals surface area contributed by atoms with Crippen LogP contribution in [0.3, 0.4) is 0 Å². The van der Waals surface area contributed by atoms with E-state index in [1.54, 1.807) is 0 Å². The van der Waals surface area contributed by atoms with Gasteiger partial charge in [0.05, 0.1) is 0 Å². The molecular formula is C12H26N2. The van der Waals surface area contributed by atoms with Gasteiger partial charge in [0.15, 0.2) is 0 Å². The van der Waals surface area contributed by atoms with E-state index in [4.69, 9.17) is 5.73 Å². The Balaban J connectivity index is 2.16. The van der Waals surface area contributed by atoms with Crippen molar-refractivity contribution in [3.8, 4) is 0 Å². The molecule has 0 aromatic rings. The third-order valence-electron chi connectivity index (χ3n) is 3.34. The molecule has 2 N–H and O–H groups in total. The number of hydrogen-bond donors (Lipinski definition) is 1. The van der Waals surface area contributed by atoms with Gasteiger partial charge in [0.2, 0.25) is 0 Å². The summed E-state index contributed by atoms with van der Waals surface area (Å²) in [5.41, 5.74) is 5.50. The van der Waals surface area contributed by atoms with Crippen molar-refractivity contribution >= 4 is 0 Å². The maximum absolute atomic E-state index is 5.50. The van der Waals surface area contributed by atoms with Gasteiger partial charge < -0.3 is 10.6 Å². The van der Waals surface area contributed by atoms with E-state index in [0.717, 1.165) is 12.6 Å². The molecule has 0 aromatic carbocycles. The molecule has 1 saturated heterocycles. The van der Waals surface area contributed by atoms with Crippen LogP contribution in [0.2, 0.25) is 0 Å². The molecule has 0 amide bonds. The molecule has 1 heterocycles. The summed E-state index contributed by atoms with van der Waals surface area (Å²) in [6, 6.07) is 0.777. The zero-order valence-electron chi connectivity index (χ0n) is 9.67. The average Bonchev–Trinajstić information content (AvgIpc) is 2.46. The standard InChI is InChI=1S/C12H26N2/c1-12(8-4-5-9-13)14-10-6-2-3-7-11-14/h12H,2-11,13H2,1H3. The summed E-state index contributed by atoms with van der Waals surface area (Å²) < 4.78 is 0. The molecule has 0 radical (unpaired) electrons. The molecule has 1 aliphatic heterocycles. The lowest BCUT2D eigenvalue weighted by Crippen LogP contribution is -2.33. The molecule has 1 fully saturated rings. The molecule has 0 aliphatic carbocycles. The van der Waals surface area contributed by atoms with E-state index >= 15 is 0 Å². The molecule has 1 atom stereocenters. The quantitative estimate of drug-likeness (QED) is 0.687. The zero-order valence-corrected chi connectivity index (χ0v) is 9.67. The van der Waals surface area contributed by atoms with Gasteiger partial charge in [0.25, 0.3) is 0 Å². The van der Waals surface area contributed by atoms with Crippen LogP contribution >= 0.6 is 0 Å². The Morgan fingerprint density at radius 2 is 1.71 bits per heavy atom. The summed E-state index contributed by atoms with van der Waals surface area (Å²) in [6.45, 7) is 5.88. The van der Waals surface area contributed by atoms with Crippen LogP contribution in [0, 0.1) is 0 Å². The van der Waals surface area contributed by atoms with Crippen LogP contribution in [0.15, 0.2) is 0 Å². The lowest BCUT2D eigenvalue weighted by molar-refractivity contribution is 0.204. The van der Waals surface area contributed by atoms with Crippen molar-refractivity contribution in [2.75, 3.05) is 19.6 Å². The first-order valence-electron chi connectivity index (χ1n) is 6.28. The highest BCUT2D eigenvalue weighted by molar-refractivity contribution is 4.70. The molecule has 0 spiro atoms. The normalized spacial score (nSPS) is 21.9. The van der Waals surface area contributed by atoms with E-state index in [1.807, 2.05) is 0 Å². The molecule has 2 heteroatoms. The highest BCUT2D eigenvalue weighted by atomic mass is 15.1. The average molecular weight is 198 g/mol. The molecule has 0 saturated carbocycles. The fourth-order valence-corrected chi connectivity index (χ4v) is 2.30. The van der Waals surface area contributed by atoms with Gasteiger partial charge in [-0.05, 0) is 52.2 Å². The predicted molar refractivity (Wildman–Crippen MR) is 62.4 cm³/mol. The second-order valence-corrected chi connectivity index (χ2v) is 4.58. The van der Waals surface area contributed by atoms with E-state index in [2.05, 4.69) is 11.8 Å². The van der Waals surface area contributed by atoms with Crippen LogP contribution in [-0.4, -0.2) is 30.6 Å². The second kappa shape index (κ2) is 7.24. The molecule has 84 valence electrons. The van der Waals surface area contributed by atoms with Crippen LogP contribution < -0.4 is 5.73 Å². The molecule has 0 aromatic heterocycles. The Bertz CT molecular complexity index is 128. The lowest BCUT2D eigenvalue weighted by Gasteiger charge is -2.27. The molecule has 1 rings (SSSR count). The SMILES string of the molecule is CC(CCCCN)N1CCCCCC1.